The van der Waals surface area contributed by atoms with Gasteiger partial charge >= 0.3 is 0 Å². The standard InChI is InChI=1S/C17H22FN5O/c1-19-9-14-5-3-7-22(10-14)17(24)16-12-23(21-20-16)11-13-4-2-6-15(18)8-13/h2,4,6,8,12,14,19H,3,5,7,9-11H2,1H3/t14-/m1/s1. The van der Waals surface area contributed by atoms with E-state index in [9.17, 15) is 9.18 Å². The van der Waals surface area contributed by atoms with Gasteiger partial charge in [0.2, 0.25) is 0 Å². The lowest BCUT2D eigenvalue weighted by atomic mass is 9.98. The van der Waals surface area contributed by atoms with Gasteiger partial charge in [0.25, 0.3) is 5.91 Å². The van der Waals surface area contributed by atoms with Crippen LogP contribution in [0, 0.1) is 11.7 Å². The number of carbonyl (C=O) groups is 1. The Morgan fingerprint density at radius 1 is 1.46 bits per heavy atom. The molecule has 0 saturated carbocycles. The van der Waals surface area contributed by atoms with Gasteiger partial charge in [-0.1, -0.05) is 17.3 Å². The van der Waals surface area contributed by atoms with Crippen molar-refractivity contribution in [2.24, 2.45) is 5.92 Å². The van der Waals surface area contributed by atoms with Gasteiger partial charge in [-0.05, 0) is 50.0 Å². The molecule has 0 bridgehead atoms. The number of nitrogens with one attached hydrogen (secondary N) is 1. The Labute approximate surface area is 140 Å². The van der Waals surface area contributed by atoms with Gasteiger partial charge in [-0.2, -0.15) is 0 Å². The predicted molar refractivity (Wildman–Crippen MR) is 88.1 cm³/mol. The van der Waals surface area contributed by atoms with E-state index >= 15 is 0 Å². The molecule has 1 aromatic carbocycles. The summed E-state index contributed by atoms with van der Waals surface area (Å²) in [7, 11) is 1.93. The Morgan fingerprint density at radius 3 is 3.12 bits per heavy atom. The highest BCUT2D eigenvalue weighted by Gasteiger charge is 2.25. The Balaban J connectivity index is 1.65. The Kier molecular flexibility index (Phi) is 5.20. The van der Waals surface area contributed by atoms with E-state index in [0.717, 1.165) is 38.0 Å². The Morgan fingerprint density at radius 2 is 2.33 bits per heavy atom. The van der Waals surface area contributed by atoms with Crippen molar-refractivity contribution in [1.82, 2.24) is 25.2 Å². The number of amides is 1. The topological polar surface area (TPSA) is 63.1 Å². The number of piperidine rings is 1. The summed E-state index contributed by atoms with van der Waals surface area (Å²) in [6.45, 7) is 2.81. The van der Waals surface area contributed by atoms with Crippen LogP contribution in [0.15, 0.2) is 30.5 Å². The highest BCUT2D eigenvalue weighted by molar-refractivity contribution is 5.92. The molecule has 1 aliphatic rings. The molecule has 1 amide bonds. The van der Waals surface area contributed by atoms with Gasteiger partial charge in [0.1, 0.15) is 5.82 Å². The maximum absolute atomic E-state index is 13.2. The summed E-state index contributed by atoms with van der Waals surface area (Å²) < 4.78 is 14.8. The van der Waals surface area contributed by atoms with Crippen LogP contribution in [0.4, 0.5) is 4.39 Å². The molecule has 1 saturated heterocycles. The van der Waals surface area contributed by atoms with Crippen molar-refractivity contribution in [3.05, 3.63) is 47.5 Å². The quantitative estimate of drug-likeness (QED) is 0.903. The monoisotopic (exact) mass is 331 g/mol. The number of halogens is 1. The fourth-order valence-electron chi connectivity index (χ4n) is 3.16. The lowest BCUT2D eigenvalue weighted by Gasteiger charge is -2.32. The average molecular weight is 331 g/mol. The van der Waals surface area contributed by atoms with Gasteiger partial charge in [-0.15, -0.1) is 5.10 Å². The molecule has 1 atom stereocenters. The minimum atomic E-state index is -0.284. The van der Waals surface area contributed by atoms with Gasteiger partial charge in [-0.25, -0.2) is 9.07 Å². The minimum Gasteiger partial charge on any atom is -0.337 e. The van der Waals surface area contributed by atoms with Crippen molar-refractivity contribution >= 4 is 5.91 Å². The van der Waals surface area contributed by atoms with Crippen LogP contribution in [0.25, 0.3) is 0 Å². The molecule has 1 aromatic heterocycles. The average Bonchev–Trinajstić information content (AvgIpc) is 3.03. The molecule has 1 aliphatic heterocycles. The van der Waals surface area contributed by atoms with Crippen LogP contribution < -0.4 is 5.32 Å². The summed E-state index contributed by atoms with van der Waals surface area (Å²) in [6, 6.07) is 6.33. The van der Waals surface area contributed by atoms with E-state index < -0.39 is 0 Å². The van der Waals surface area contributed by atoms with Gasteiger partial charge in [0.05, 0.1) is 12.7 Å². The molecule has 0 spiro atoms. The van der Waals surface area contributed by atoms with Crippen molar-refractivity contribution < 1.29 is 9.18 Å². The number of carbonyl (C=O) groups excluding carboxylic acids is 1. The highest BCUT2D eigenvalue weighted by Crippen LogP contribution is 2.17. The first-order valence-corrected chi connectivity index (χ1v) is 8.24. The van der Waals surface area contributed by atoms with E-state index in [1.165, 1.54) is 12.1 Å². The second-order valence-electron chi connectivity index (χ2n) is 6.25. The van der Waals surface area contributed by atoms with Crippen LogP contribution in [-0.2, 0) is 6.54 Å². The SMILES string of the molecule is CNC[C@H]1CCCN(C(=O)c2cn(Cc3cccc(F)c3)nn2)C1. The predicted octanol–water partition coefficient (Wildman–Crippen LogP) is 1.54. The van der Waals surface area contributed by atoms with Crippen LogP contribution in [0.1, 0.15) is 28.9 Å². The lowest BCUT2D eigenvalue weighted by Crippen LogP contribution is -2.42. The van der Waals surface area contributed by atoms with Crippen LogP contribution in [-0.4, -0.2) is 52.5 Å². The molecule has 24 heavy (non-hydrogen) atoms. The maximum Gasteiger partial charge on any atom is 0.276 e. The number of rotatable bonds is 5. The number of likely N-dealkylation sites (tertiary alicyclic amines) is 1. The summed E-state index contributed by atoms with van der Waals surface area (Å²) >= 11 is 0. The summed E-state index contributed by atoms with van der Waals surface area (Å²) in [5.74, 6) is 0.115. The Bertz CT molecular complexity index is 700. The van der Waals surface area contributed by atoms with Crippen LogP contribution in [0.3, 0.4) is 0 Å². The van der Waals surface area contributed by atoms with Gasteiger partial charge in [0.15, 0.2) is 5.69 Å². The van der Waals surface area contributed by atoms with E-state index in [-0.39, 0.29) is 11.7 Å². The molecule has 0 aliphatic carbocycles. The van der Waals surface area contributed by atoms with Crippen molar-refractivity contribution in [2.75, 3.05) is 26.7 Å². The number of benzene rings is 1. The minimum absolute atomic E-state index is 0.0821. The first kappa shape index (κ1) is 16.6. The molecule has 1 fully saturated rings. The van der Waals surface area contributed by atoms with E-state index in [1.807, 2.05) is 18.0 Å². The molecular formula is C17H22FN5O. The molecule has 128 valence electrons. The molecule has 0 unspecified atom stereocenters. The van der Waals surface area contributed by atoms with E-state index in [1.54, 1.807) is 16.9 Å². The molecule has 7 heteroatoms. The summed E-state index contributed by atoms with van der Waals surface area (Å²) in [6.07, 6.45) is 3.78. The van der Waals surface area contributed by atoms with Crippen LogP contribution in [0.5, 0.6) is 0 Å². The van der Waals surface area contributed by atoms with E-state index in [2.05, 4.69) is 15.6 Å². The first-order valence-electron chi connectivity index (χ1n) is 8.24. The number of hydrogen-bond acceptors (Lipinski definition) is 4. The molecule has 3 rings (SSSR count). The Hall–Kier alpha value is -2.28. The molecule has 2 aromatic rings. The van der Waals surface area contributed by atoms with E-state index in [0.29, 0.717) is 18.2 Å². The third kappa shape index (κ3) is 3.97. The fourth-order valence-corrected chi connectivity index (χ4v) is 3.16. The lowest BCUT2D eigenvalue weighted by molar-refractivity contribution is 0.0668. The number of aromatic nitrogens is 3. The van der Waals surface area contributed by atoms with E-state index in [4.69, 9.17) is 0 Å². The summed E-state index contributed by atoms with van der Waals surface area (Å²) in [5.41, 5.74) is 1.13. The zero-order valence-electron chi connectivity index (χ0n) is 13.8. The third-order valence-corrected chi connectivity index (χ3v) is 4.29. The maximum atomic E-state index is 13.2. The molecular weight excluding hydrogens is 309 g/mol. The second kappa shape index (κ2) is 7.53. The third-order valence-electron chi connectivity index (χ3n) is 4.29. The molecule has 2 heterocycles. The van der Waals surface area contributed by atoms with Crippen molar-refractivity contribution in [1.29, 1.82) is 0 Å². The van der Waals surface area contributed by atoms with Gasteiger partial charge in [0, 0.05) is 13.1 Å². The summed E-state index contributed by atoms with van der Waals surface area (Å²) in [4.78, 5) is 14.4. The highest BCUT2D eigenvalue weighted by atomic mass is 19.1. The smallest absolute Gasteiger partial charge is 0.276 e. The first-order chi connectivity index (χ1) is 11.7. The number of hydrogen-bond donors (Lipinski definition) is 1. The molecule has 1 N–H and O–H groups in total. The van der Waals surface area contributed by atoms with Gasteiger partial charge < -0.3 is 10.2 Å². The second-order valence-corrected chi connectivity index (χ2v) is 6.25. The fraction of sp³-hybridized carbons (Fsp3) is 0.471. The van der Waals surface area contributed by atoms with Crippen molar-refractivity contribution in [3.8, 4) is 0 Å². The molecule has 0 radical (unpaired) electrons. The van der Waals surface area contributed by atoms with Crippen LogP contribution >= 0.6 is 0 Å². The zero-order chi connectivity index (χ0) is 16.9. The number of nitrogens with zero attached hydrogens (tertiary/aromatic N) is 4. The van der Waals surface area contributed by atoms with Crippen molar-refractivity contribution in [3.63, 3.8) is 0 Å². The summed E-state index contributed by atoms with van der Waals surface area (Å²) in [5, 5.41) is 11.2. The van der Waals surface area contributed by atoms with Crippen LogP contribution in [0.2, 0.25) is 0 Å². The normalized spacial score (nSPS) is 17.9. The van der Waals surface area contributed by atoms with Crippen molar-refractivity contribution in [2.45, 2.75) is 19.4 Å². The van der Waals surface area contributed by atoms with Gasteiger partial charge in [-0.3, -0.25) is 4.79 Å². The zero-order valence-corrected chi connectivity index (χ0v) is 13.8. The largest absolute Gasteiger partial charge is 0.337 e. The molecule has 6 nitrogen and oxygen atoms in total.